The largest absolute Gasteiger partial charge is 0.470 e. The highest BCUT2D eigenvalue weighted by Gasteiger charge is 2.31. The summed E-state index contributed by atoms with van der Waals surface area (Å²) in [5, 5.41) is 11.9. The van der Waals surface area contributed by atoms with Crippen molar-refractivity contribution in [1.29, 1.82) is 0 Å². The summed E-state index contributed by atoms with van der Waals surface area (Å²) in [6.07, 6.45) is 1.62. The van der Waals surface area contributed by atoms with Gasteiger partial charge >= 0.3 is 11.6 Å². The van der Waals surface area contributed by atoms with Crippen LogP contribution >= 0.6 is 11.8 Å². The molecule has 8 nitrogen and oxygen atoms in total. The molecule has 0 N–H and O–H groups in total. The molecule has 2 heterocycles. The van der Waals surface area contributed by atoms with E-state index >= 15 is 0 Å². The lowest BCUT2D eigenvalue weighted by atomic mass is 10.3. The topological polar surface area (TPSA) is 90.6 Å². The molecule has 0 spiro atoms. The summed E-state index contributed by atoms with van der Waals surface area (Å²) in [5.74, 6) is 0.328. The Hall–Kier alpha value is -1.61. The second-order valence-electron chi connectivity index (χ2n) is 4.71. The molecule has 0 amide bonds. The van der Waals surface area contributed by atoms with Gasteiger partial charge in [0, 0.05) is 13.1 Å². The van der Waals surface area contributed by atoms with E-state index in [0.717, 1.165) is 0 Å². The first kappa shape index (κ1) is 15.8. The van der Waals surface area contributed by atoms with E-state index in [0.29, 0.717) is 37.3 Å². The fourth-order valence-electron chi connectivity index (χ4n) is 1.96. The zero-order chi connectivity index (χ0) is 15.4. The van der Waals surface area contributed by atoms with Crippen LogP contribution in [0, 0.1) is 10.1 Å². The van der Waals surface area contributed by atoms with E-state index in [9.17, 15) is 10.1 Å². The molecule has 9 heteroatoms. The molecule has 0 atom stereocenters. The van der Waals surface area contributed by atoms with Gasteiger partial charge in [-0.25, -0.2) is 0 Å². The highest BCUT2D eigenvalue weighted by molar-refractivity contribution is 7.98. The van der Waals surface area contributed by atoms with Crippen LogP contribution in [0.5, 0.6) is 5.88 Å². The van der Waals surface area contributed by atoms with E-state index in [-0.39, 0.29) is 17.7 Å². The first-order valence-electron chi connectivity index (χ1n) is 6.62. The lowest BCUT2D eigenvalue weighted by molar-refractivity contribution is -0.385. The van der Waals surface area contributed by atoms with Gasteiger partial charge in [0.15, 0.2) is 5.16 Å². The maximum Gasteiger partial charge on any atom is 0.373 e. The van der Waals surface area contributed by atoms with Gasteiger partial charge in [0.25, 0.3) is 0 Å². The second-order valence-corrected chi connectivity index (χ2v) is 5.48. The maximum absolute atomic E-state index is 11.4. The van der Waals surface area contributed by atoms with Gasteiger partial charge in [-0.05, 0) is 20.1 Å². The average Bonchev–Trinajstić information content (AvgIpc) is 2.46. The summed E-state index contributed by atoms with van der Waals surface area (Å²) in [5.41, 5.74) is -0.177. The van der Waals surface area contributed by atoms with Gasteiger partial charge in [0.05, 0.1) is 24.2 Å². The van der Waals surface area contributed by atoms with Crippen LogP contribution in [0.2, 0.25) is 0 Å². The lowest BCUT2D eigenvalue weighted by Crippen LogP contribution is -2.37. The third kappa shape index (κ3) is 3.73. The van der Waals surface area contributed by atoms with Crippen molar-refractivity contribution in [3.05, 3.63) is 10.1 Å². The molecular formula is C12H18N4O4S. The van der Waals surface area contributed by atoms with Crippen molar-refractivity contribution in [3.8, 4) is 5.88 Å². The molecule has 1 aliphatic rings. The maximum atomic E-state index is 11.4. The molecule has 1 saturated heterocycles. The summed E-state index contributed by atoms with van der Waals surface area (Å²) >= 11 is 1.33. The molecule has 1 fully saturated rings. The Balaban J connectivity index is 2.51. The van der Waals surface area contributed by atoms with Crippen molar-refractivity contribution in [2.24, 2.45) is 0 Å². The van der Waals surface area contributed by atoms with E-state index in [4.69, 9.17) is 9.47 Å². The quantitative estimate of drug-likeness (QED) is 0.351. The Labute approximate surface area is 127 Å². The van der Waals surface area contributed by atoms with E-state index < -0.39 is 4.92 Å². The molecule has 1 aromatic heterocycles. The molecule has 2 rings (SSSR count). The number of aromatic nitrogens is 2. The number of hydrogen-bond acceptors (Lipinski definition) is 8. The molecule has 21 heavy (non-hydrogen) atoms. The smallest absolute Gasteiger partial charge is 0.373 e. The Bertz CT molecular complexity index is 520. The van der Waals surface area contributed by atoms with E-state index in [1.807, 2.05) is 11.2 Å². The summed E-state index contributed by atoms with van der Waals surface area (Å²) in [6.45, 7) is 5.78. The molecule has 0 saturated carbocycles. The fraction of sp³-hybridized carbons (Fsp3) is 0.667. The van der Waals surface area contributed by atoms with Crippen molar-refractivity contribution in [3.63, 3.8) is 0 Å². The van der Waals surface area contributed by atoms with Crippen LogP contribution < -0.4 is 9.64 Å². The van der Waals surface area contributed by atoms with E-state index in [1.165, 1.54) is 11.8 Å². The van der Waals surface area contributed by atoms with E-state index in [2.05, 4.69) is 9.97 Å². The van der Waals surface area contributed by atoms with Crippen LogP contribution in [0.25, 0.3) is 0 Å². The minimum atomic E-state index is -0.480. The van der Waals surface area contributed by atoms with Gasteiger partial charge in [-0.1, -0.05) is 11.8 Å². The highest BCUT2D eigenvalue weighted by Crippen LogP contribution is 2.36. The van der Waals surface area contributed by atoms with Gasteiger partial charge in [0.2, 0.25) is 5.82 Å². The second kappa shape index (κ2) is 6.90. The summed E-state index contributed by atoms with van der Waals surface area (Å²) in [6, 6.07) is 0. The number of anilines is 1. The standard InChI is InChI=1S/C12H18N4O4S/c1-8(2)20-11-9(16(17)18)10(13-12(14-11)21-3)15-4-6-19-7-5-15/h8H,4-7H2,1-3H3. The Morgan fingerprint density at radius 1 is 1.38 bits per heavy atom. The zero-order valence-electron chi connectivity index (χ0n) is 12.2. The predicted octanol–water partition coefficient (Wildman–Crippen LogP) is 1.73. The zero-order valence-corrected chi connectivity index (χ0v) is 13.1. The van der Waals surface area contributed by atoms with Gasteiger partial charge in [-0.15, -0.1) is 0 Å². The average molecular weight is 314 g/mol. The number of morpholine rings is 1. The number of hydrogen-bond donors (Lipinski definition) is 0. The number of nitro groups is 1. The van der Waals surface area contributed by atoms with Crippen LogP contribution in [0.4, 0.5) is 11.5 Å². The van der Waals surface area contributed by atoms with Crippen LogP contribution in [0.3, 0.4) is 0 Å². The minimum Gasteiger partial charge on any atom is -0.470 e. The number of ether oxygens (including phenoxy) is 2. The Kier molecular flexibility index (Phi) is 5.18. The van der Waals surface area contributed by atoms with Gasteiger partial charge < -0.3 is 14.4 Å². The van der Waals surface area contributed by atoms with Crippen LogP contribution in [-0.2, 0) is 4.74 Å². The lowest BCUT2D eigenvalue weighted by Gasteiger charge is -2.27. The number of nitrogens with zero attached hydrogens (tertiary/aromatic N) is 4. The number of thioether (sulfide) groups is 1. The molecule has 0 unspecified atom stereocenters. The van der Waals surface area contributed by atoms with Gasteiger partial charge in [-0.3, -0.25) is 10.1 Å². The summed E-state index contributed by atoms with van der Waals surface area (Å²) < 4.78 is 10.8. The molecule has 0 aromatic carbocycles. The molecule has 1 aliphatic heterocycles. The first-order chi connectivity index (χ1) is 10.0. The normalized spacial score (nSPS) is 15.3. The SMILES string of the molecule is CSc1nc(OC(C)C)c([N+](=O)[O-])c(N2CCOCC2)n1. The van der Waals surface area contributed by atoms with E-state index in [1.54, 1.807) is 13.8 Å². The first-order valence-corrected chi connectivity index (χ1v) is 7.85. The molecule has 0 aliphatic carbocycles. The minimum absolute atomic E-state index is 0.0239. The molecule has 0 bridgehead atoms. The van der Waals surface area contributed by atoms with Crippen molar-refractivity contribution < 1.29 is 14.4 Å². The van der Waals surface area contributed by atoms with Crippen molar-refractivity contribution in [2.45, 2.75) is 25.1 Å². The van der Waals surface area contributed by atoms with Crippen LogP contribution in [-0.4, -0.2) is 53.6 Å². The summed E-state index contributed by atoms with van der Waals surface area (Å²) in [7, 11) is 0. The highest BCUT2D eigenvalue weighted by atomic mass is 32.2. The van der Waals surface area contributed by atoms with Gasteiger partial charge in [0.1, 0.15) is 0 Å². The van der Waals surface area contributed by atoms with Crippen LogP contribution in [0.15, 0.2) is 5.16 Å². The fourth-order valence-corrected chi connectivity index (χ4v) is 2.31. The predicted molar refractivity (Wildman–Crippen MR) is 79.3 cm³/mol. The van der Waals surface area contributed by atoms with Crippen molar-refractivity contribution in [1.82, 2.24) is 9.97 Å². The third-order valence-electron chi connectivity index (χ3n) is 2.84. The number of rotatable bonds is 5. The third-order valence-corrected chi connectivity index (χ3v) is 3.38. The van der Waals surface area contributed by atoms with Gasteiger partial charge in [-0.2, -0.15) is 9.97 Å². The molecular weight excluding hydrogens is 296 g/mol. The Morgan fingerprint density at radius 2 is 2.05 bits per heavy atom. The molecule has 116 valence electrons. The van der Waals surface area contributed by atoms with Crippen molar-refractivity contribution >= 4 is 23.3 Å². The summed E-state index contributed by atoms with van der Waals surface area (Å²) in [4.78, 5) is 21.3. The molecule has 0 radical (unpaired) electrons. The van der Waals surface area contributed by atoms with Crippen LogP contribution in [0.1, 0.15) is 13.8 Å². The molecule has 1 aromatic rings. The van der Waals surface area contributed by atoms with Crippen molar-refractivity contribution in [2.75, 3.05) is 37.5 Å². The monoisotopic (exact) mass is 314 g/mol. The Morgan fingerprint density at radius 3 is 2.57 bits per heavy atom.